The maximum Gasteiger partial charge on any atom is 0.208 e. The summed E-state index contributed by atoms with van der Waals surface area (Å²) >= 11 is 0. The van der Waals surface area contributed by atoms with E-state index in [4.69, 9.17) is 0 Å². The number of hydrogen-bond acceptors (Lipinski definition) is 3. The SMILES string of the molecule is CCNC(=NCCNS(C)(=O)=O)NCCc1c[nH]c2c(C)cccc12. The van der Waals surface area contributed by atoms with Crippen molar-refractivity contribution in [1.29, 1.82) is 0 Å². The third-order valence-electron chi connectivity index (χ3n) is 3.79. The molecule has 2 aromatic rings. The fourth-order valence-electron chi connectivity index (χ4n) is 2.63. The molecular weight excluding hydrogens is 338 g/mol. The van der Waals surface area contributed by atoms with Crippen LogP contribution in [0, 0.1) is 6.92 Å². The number of fused-ring (bicyclic) bond motifs is 1. The number of H-pyrrole nitrogens is 1. The zero-order chi connectivity index (χ0) is 18.3. The lowest BCUT2D eigenvalue weighted by Gasteiger charge is -2.11. The van der Waals surface area contributed by atoms with Crippen LogP contribution in [-0.4, -0.2) is 51.8 Å². The highest BCUT2D eigenvalue weighted by molar-refractivity contribution is 7.88. The number of aliphatic imine (C=N–C) groups is 1. The summed E-state index contributed by atoms with van der Waals surface area (Å²) < 4.78 is 24.5. The Morgan fingerprint density at radius 3 is 2.76 bits per heavy atom. The Morgan fingerprint density at radius 1 is 1.24 bits per heavy atom. The van der Waals surface area contributed by atoms with Crippen LogP contribution in [0.5, 0.6) is 0 Å². The van der Waals surface area contributed by atoms with Gasteiger partial charge in [0.05, 0.1) is 12.8 Å². The van der Waals surface area contributed by atoms with Gasteiger partial charge in [0.15, 0.2) is 5.96 Å². The predicted octanol–water partition coefficient (Wildman–Crippen LogP) is 1.12. The molecule has 1 heterocycles. The van der Waals surface area contributed by atoms with Gasteiger partial charge in [-0.3, -0.25) is 4.99 Å². The molecule has 0 atom stereocenters. The fraction of sp³-hybridized carbons (Fsp3) is 0.471. The van der Waals surface area contributed by atoms with Gasteiger partial charge in [-0.15, -0.1) is 0 Å². The molecule has 1 aromatic carbocycles. The molecule has 0 bridgehead atoms. The molecule has 7 nitrogen and oxygen atoms in total. The van der Waals surface area contributed by atoms with Crippen molar-refractivity contribution in [3.05, 3.63) is 35.5 Å². The van der Waals surface area contributed by atoms with E-state index in [2.05, 4.69) is 56.7 Å². The Morgan fingerprint density at radius 2 is 2.04 bits per heavy atom. The number of guanidine groups is 1. The Balaban J connectivity index is 1.88. The molecule has 8 heteroatoms. The number of nitrogens with zero attached hydrogens (tertiary/aromatic N) is 1. The van der Waals surface area contributed by atoms with Crippen molar-refractivity contribution in [3.63, 3.8) is 0 Å². The average molecular weight is 366 g/mol. The van der Waals surface area contributed by atoms with Crippen molar-refractivity contribution in [2.45, 2.75) is 20.3 Å². The largest absolute Gasteiger partial charge is 0.361 e. The number of hydrogen-bond donors (Lipinski definition) is 4. The maximum atomic E-state index is 11.0. The van der Waals surface area contributed by atoms with Crippen molar-refractivity contribution >= 4 is 26.9 Å². The van der Waals surface area contributed by atoms with Crippen LogP contribution in [0.25, 0.3) is 10.9 Å². The van der Waals surface area contributed by atoms with Crippen LogP contribution in [0.3, 0.4) is 0 Å². The second kappa shape index (κ2) is 8.87. The number of benzene rings is 1. The molecule has 0 aliphatic carbocycles. The lowest BCUT2D eigenvalue weighted by atomic mass is 10.1. The zero-order valence-corrected chi connectivity index (χ0v) is 15.8. The van der Waals surface area contributed by atoms with Crippen LogP contribution >= 0.6 is 0 Å². The van der Waals surface area contributed by atoms with E-state index in [1.165, 1.54) is 22.0 Å². The lowest BCUT2D eigenvalue weighted by molar-refractivity contribution is 0.588. The van der Waals surface area contributed by atoms with Gasteiger partial charge in [-0.05, 0) is 31.4 Å². The molecule has 0 saturated carbocycles. The number of aromatic nitrogens is 1. The summed E-state index contributed by atoms with van der Waals surface area (Å²) in [7, 11) is -3.17. The van der Waals surface area contributed by atoms with Crippen molar-refractivity contribution in [2.75, 3.05) is 32.4 Å². The van der Waals surface area contributed by atoms with Crippen molar-refractivity contribution in [1.82, 2.24) is 20.3 Å². The van der Waals surface area contributed by atoms with E-state index >= 15 is 0 Å². The van der Waals surface area contributed by atoms with Gasteiger partial charge in [0.2, 0.25) is 10.0 Å². The topological polar surface area (TPSA) is 98.4 Å². The molecular formula is C17H27N5O2S. The van der Waals surface area contributed by atoms with E-state index in [1.807, 2.05) is 6.92 Å². The predicted molar refractivity (Wildman–Crippen MR) is 104 cm³/mol. The summed E-state index contributed by atoms with van der Waals surface area (Å²) in [5.41, 5.74) is 3.69. The van der Waals surface area contributed by atoms with Crippen LogP contribution in [0.15, 0.2) is 29.4 Å². The van der Waals surface area contributed by atoms with Gasteiger partial charge in [0.25, 0.3) is 0 Å². The number of sulfonamides is 1. The van der Waals surface area contributed by atoms with E-state index in [0.29, 0.717) is 12.5 Å². The highest BCUT2D eigenvalue weighted by Gasteiger charge is 2.05. The molecule has 1 aromatic heterocycles. The Hall–Kier alpha value is -2.06. The minimum absolute atomic E-state index is 0.289. The first kappa shape index (κ1) is 19.3. The van der Waals surface area contributed by atoms with Crippen LogP contribution in [0.1, 0.15) is 18.1 Å². The molecule has 0 saturated heterocycles. The van der Waals surface area contributed by atoms with E-state index < -0.39 is 10.0 Å². The van der Waals surface area contributed by atoms with Crippen LogP contribution in [0.2, 0.25) is 0 Å². The van der Waals surface area contributed by atoms with E-state index in [1.54, 1.807) is 0 Å². The minimum atomic E-state index is -3.17. The summed E-state index contributed by atoms with van der Waals surface area (Å²) in [4.78, 5) is 7.71. The molecule has 138 valence electrons. The average Bonchev–Trinajstić information content (AvgIpc) is 2.95. The van der Waals surface area contributed by atoms with Crippen molar-refractivity contribution in [2.24, 2.45) is 4.99 Å². The summed E-state index contributed by atoms with van der Waals surface area (Å²) in [5.74, 6) is 0.689. The van der Waals surface area contributed by atoms with E-state index in [0.717, 1.165) is 25.8 Å². The van der Waals surface area contributed by atoms with Gasteiger partial charge < -0.3 is 15.6 Å². The van der Waals surface area contributed by atoms with Crippen LogP contribution < -0.4 is 15.4 Å². The molecule has 0 fully saturated rings. The molecule has 0 aliphatic rings. The molecule has 4 N–H and O–H groups in total. The number of para-hydroxylation sites is 1. The normalized spacial score (nSPS) is 12.5. The number of nitrogens with one attached hydrogen (secondary N) is 4. The van der Waals surface area contributed by atoms with E-state index in [-0.39, 0.29) is 6.54 Å². The quantitative estimate of drug-likeness (QED) is 0.320. The third-order valence-corrected chi connectivity index (χ3v) is 4.51. The summed E-state index contributed by atoms with van der Waals surface area (Å²) in [5, 5.41) is 7.70. The Bertz CT molecular complexity index is 827. The highest BCUT2D eigenvalue weighted by atomic mass is 32.2. The second-order valence-corrected chi connectivity index (χ2v) is 7.75. The monoisotopic (exact) mass is 365 g/mol. The lowest BCUT2D eigenvalue weighted by Crippen LogP contribution is -2.39. The first-order valence-electron chi connectivity index (χ1n) is 8.43. The van der Waals surface area contributed by atoms with Crippen molar-refractivity contribution in [3.8, 4) is 0 Å². The van der Waals surface area contributed by atoms with Gasteiger partial charge in [0.1, 0.15) is 0 Å². The van der Waals surface area contributed by atoms with Crippen molar-refractivity contribution < 1.29 is 8.42 Å². The van der Waals surface area contributed by atoms with E-state index in [9.17, 15) is 8.42 Å². The summed E-state index contributed by atoms with van der Waals surface area (Å²) in [6, 6.07) is 6.30. The first-order valence-corrected chi connectivity index (χ1v) is 10.3. The zero-order valence-electron chi connectivity index (χ0n) is 15.0. The minimum Gasteiger partial charge on any atom is -0.361 e. The molecule has 0 aliphatic heterocycles. The molecule has 0 radical (unpaired) electrons. The Kier molecular flexibility index (Phi) is 6.83. The van der Waals surface area contributed by atoms with Gasteiger partial charge in [-0.25, -0.2) is 13.1 Å². The Labute approximate surface area is 149 Å². The standard InChI is InChI=1S/C17H27N5O2S/c1-4-18-17(20-10-11-22-25(3,23)24)19-9-8-14-12-21-16-13(2)6-5-7-15(14)16/h5-7,12,21-22H,4,8-11H2,1-3H3,(H2,18,19,20). The second-order valence-electron chi connectivity index (χ2n) is 5.92. The number of aromatic amines is 1. The molecule has 0 amide bonds. The number of rotatable bonds is 8. The third kappa shape index (κ3) is 6.06. The summed E-state index contributed by atoms with van der Waals surface area (Å²) in [6.45, 7) is 6.26. The molecule has 25 heavy (non-hydrogen) atoms. The molecule has 0 spiro atoms. The van der Waals surface area contributed by atoms with Gasteiger partial charge in [-0.1, -0.05) is 18.2 Å². The van der Waals surface area contributed by atoms with Gasteiger partial charge in [0, 0.05) is 36.7 Å². The smallest absolute Gasteiger partial charge is 0.208 e. The first-order chi connectivity index (χ1) is 11.9. The number of aryl methyl sites for hydroxylation is 1. The molecule has 2 rings (SSSR count). The van der Waals surface area contributed by atoms with Gasteiger partial charge >= 0.3 is 0 Å². The van der Waals surface area contributed by atoms with Crippen LogP contribution in [0.4, 0.5) is 0 Å². The summed E-state index contributed by atoms with van der Waals surface area (Å²) in [6.07, 6.45) is 4.07. The van der Waals surface area contributed by atoms with Gasteiger partial charge in [-0.2, -0.15) is 0 Å². The molecule has 0 unspecified atom stereocenters. The van der Waals surface area contributed by atoms with Crippen LogP contribution in [-0.2, 0) is 16.4 Å². The fourth-order valence-corrected chi connectivity index (χ4v) is 3.09. The maximum absolute atomic E-state index is 11.0. The highest BCUT2D eigenvalue weighted by Crippen LogP contribution is 2.21.